The number of ketones is 1. The zero-order valence-corrected chi connectivity index (χ0v) is 9.91. The topological polar surface area (TPSA) is 99.3 Å². The Morgan fingerprint density at radius 3 is 2.00 bits per heavy atom. The Kier molecular flexibility index (Phi) is 4.31. The van der Waals surface area contributed by atoms with E-state index in [1.165, 1.54) is 38.1 Å². The minimum absolute atomic E-state index is 0.127. The Morgan fingerprint density at radius 2 is 1.61 bits per heavy atom. The lowest BCUT2D eigenvalue weighted by molar-refractivity contribution is -0.113. The third-order valence-electron chi connectivity index (χ3n) is 2.06. The average Bonchev–Trinajstić information content (AvgIpc) is 2.28. The Morgan fingerprint density at radius 1 is 1.06 bits per heavy atom. The largest absolute Gasteiger partial charge is 0.510 e. The fourth-order valence-electron chi connectivity index (χ4n) is 1.18. The normalized spacial score (nSPS) is 12.3. The molecule has 1 rings (SSSR count). The molecule has 0 atom stereocenters. The van der Waals surface area contributed by atoms with Gasteiger partial charge in [0.15, 0.2) is 11.5 Å². The summed E-state index contributed by atoms with van der Waals surface area (Å²) in [6.45, 7) is 2.60. The van der Waals surface area contributed by atoms with Gasteiger partial charge < -0.3 is 10.2 Å². The number of hydrogen-bond acceptors (Lipinski definition) is 5. The highest BCUT2D eigenvalue weighted by Gasteiger charge is 2.06. The number of hydrogen-bond donors (Lipinski definition) is 2. The first-order valence-corrected chi connectivity index (χ1v) is 5.07. The summed E-state index contributed by atoms with van der Waals surface area (Å²) in [5, 5.41) is 25.3. The molecule has 18 heavy (non-hydrogen) atoms. The van der Waals surface area contributed by atoms with Crippen molar-refractivity contribution in [3.8, 4) is 0 Å². The van der Waals surface area contributed by atoms with Crippen molar-refractivity contribution < 1.29 is 19.8 Å². The minimum atomic E-state index is -1.03. The van der Waals surface area contributed by atoms with E-state index in [2.05, 4.69) is 10.2 Å². The van der Waals surface area contributed by atoms with Crippen LogP contribution in [-0.4, -0.2) is 22.0 Å². The lowest BCUT2D eigenvalue weighted by Gasteiger charge is -1.97. The molecule has 0 bridgehead atoms. The predicted octanol–water partition coefficient (Wildman–Crippen LogP) is 2.85. The molecule has 6 nitrogen and oxygen atoms in total. The molecule has 0 aliphatic heterocycles. The number of aliphatic hydroxyl groups is 1. The number of nitrogens with zero attached hydrogens (tertiary/aromatic N) is 2. The summed E-state index contributed by atoms with van der Waals surface area (Å²) in [7, 11) is 0. The van der Waals surface area contributed by atoms with Crippen molar-refractivity contribution in [1.82, 2.24) is 0 Å². The van der Waals surface area contributed by atoms with Crippen LogP contribution in [0.1, 0.15) is 24.2 Å². The summed E-state index contributed by atoms with van der Waals surface area (Å²) in [5.74, 6) is -1.65. The van der Waals surface area contributed by atoms with E-state index < -0.39 is 11.8 Å². The Labute approximate surface area is 103 Å². The smallest absolute Gasteiger partial charge is 0.335 e. The van der Waals surface area contributed by atoms with Gasteiger partial charge >= 0.3 is 5.97 Å². The molecule has 94 valence electrons. The summed E-state index contributed by atoms with van der Waals surface area (Å²) in [5.41, 5.74) is 0.395. The third kappa shape index (κ3) is 3.51. The summed E-state index contributed by atoms with van der Waals surface area (Å²) in [6.07, 6.45) is 0. The number of Topliss-reactive ketones (excluding diaryl/α,β-unsaturated/α-hetero) is 1. The summed E-state index contributed by atoms with van der Waals surface area (Å²) in [6, 6.07) is 5.66. The lowest BCUT2D eigenvalue weighted by Crippen LogP contribution is -1.96. The zero-order chi connectivity index (χ0) is 13.7. The van der Waals surface area contributed by atoms with Crippen LogP contribution in [0.5, 0.6) is 0 Å². The number of aromatic carboxylic acids is 1. The van der Waals surface area contributed by atoms with E-state index in [4.69, 9.17) is 5.11 Å². The van der Waals surface area contributed by atoms with Gasteiger partial charge in [-0.1, -0.05) is 0 Å². The van der Waals surface area contributed by atoms with Crippen LogP contribution in [0.2, 0.25) is 0 Å². The van der Waals surface area contributed by atoms with Gasteiger partial charge in [0.1, 0.15) is 5.76 Å². The molecule has 2 N–H and O–H groups in total. The van der Waals surface area contributed by atoms with Crippen molar-refractivity contribution in [3.05, 3.63) is 41.3 Å². The first-order chi connectivity index (χ1) is 8.41. The van der Waals surface area contributed by atoms with Crippen molar-refractivity contribution in [3.63, 3.8) is 0 Å². The van der Waals surface area contributed by atoms with Crippen LogP contribution in [0, 0.1) is 0 Å². The highest BCUT2D eigenvalue weighted by Crippen LogP contribution is 2.16. The van der Waals surface area contributed by atoms with Crippen LogP contribution in [0.4, 0.5) is 5.69 Å². The van der Waals surface area contributed by atoms with Crippen molar-refractivity contribution in [1.29, 1.82) is 0 Å². The van der Waals surface area contributed by atoms with Gasteiger partial charge in [0.2, 0.25) is 0 Å². The van der Waals surface area contributed by atoms with Crippen molar-refractivity contribution in [2.75, 3.05) is 0 Å². The van der Waals surface area contributed by atoms with Gasteiger partial charge in [-0.15, -0.1) is 5.11 Å². The number of allylic oxidation sites excluding steroid dienone is 2. The molecule has 0 saturated heterocycles. The number of aliphatic hydroxyl groups excluding tert-OH is 1. The standard InChI is InChI=1S/C12H12N2O4/c1-7(15)11(8(2)16)14-13-10-5-3-9(4-6-10)12(17)18/h3-6,15H,1-2H3,(H,17,18). The van der Waals surface area contributed by atoms with E-state index in [9.17, 15) is 14.7 Å². The molecular weight excluding hydrogens is 236 g/mol. The number of carbonyl (C=O) groups is 2. The molecule has 0 aromatic heterocycles. The van der Waals surface area contributed by atoms with Gasteiger partial charge in [-0.05, 0) is 31.2 Å². The second-order valence-corrected chi connectivity index (χ2v) is 3.54. The molecule has 0 spiro atoms. The Bertz CT molecular complexity index is 526. The second-order valence-electron chi connectivity index (χ2n) is 3.54. The zero-order valence-electron chi connectivity index (χ0n) is 9.91. The maximum absolute atomic E-state index is 11.1. The molecule has 0 aliphatic rings. The van der Waals surface area contributed by atoms with Crippen LogP contribution in [0.25, 0.3) is 0 Å². The molecule has 6 heteroatoms. The van der Waals surface area contributed by atoms with E-state index in [1.54, 1.807) is 0 Å². The first-order valence-electron chi connectivity index (χ1n) is 5.07. The van der Waals surface area contributed by atoms with E-state index in [1.807, 2.05) is 0 Å². The van der Waals surface area contributed by atoms with Crippen LogP contribution in [0.15, 0.2) is 46.0 Å². The Hall–Kier alpha value is -2.50. The summed E-state index contributed by atoms with van der Waals surface area (Å²) < 4.78 is 0. The van der Waals surface area contributed by atoms with Crippen LogP contribution in [0.3, 0.4) is 0 Å². The molecule has 0 unspecified atom stereocenters. The number of carboxylic acid groups (broad SMARTS) is 1. The van der Waals surface area contributed by atoms with Gasteiger partial charge in [-0.25, -0.2) is 4.79 Å². The maximum atomic E-state index is 11.1. The van der Waals surface area contributed by atoms with Crippen LogP contribution >= 0.6 is 0 Å². The van der Waals surface area contributed by atoms with Crippen molar-refractivity contribution in [2.45, 2.75) is 13.8 Å². The molecule has 0 heterocycles. The number of carbonyl (C=O) groups excluding carboxylic acids is 1. The Balaban J connectivity index is 2.94. The average molecular weight is 248 g/mol. The highest BCUT2D eigenvalue weighted by molar-refractivity contribution is 5.93. The fraction of sp³-hybridized carbons (Fsp3) is 0.167. The minimum Gasteiger partial charge on any atom is -0.510 e. The SMILES string of the molecule is CC(=O)C(N=Nc1ccc(C(=O)O)cc1)=C(C)O. The van der Waals surface area contributed by atoms with Gasteiger partial charge in [-0.3, -0.25) is 4.79 Å². The quantitative estimate of drug-likeness (QED) is 0.486. The molecule has 0 saturated carbocycles. The third-order valence-corrected chi connectivity index (χ3v) is 2.06. The molecule has 1 aromatic carbocycles. The van der Waals surface area contributed by atoms with Crippen molar-refractivity contribution >= 4 is 17.4 Å². The second kappa shape index (κ2) is 5.72. The summed E-state index contributed by atoms with van der Waals surface area (Å²) in [4.78, 5) is 21.7. The maximum Gasteiger partial charge on any atom is 0.335 e. The molecule has 0 amide bonds. The predicted molar refractivity (Wildman–Crippen MR) is 63.9 cm³/mol. The van der Waals surface area contributed by atoms with Crippen LogP contribution in [-0.2, 0) is 4.79 Å². The molecule has 0 radical (unpaired) electrons. The van der Waals surface area contributed by atoms with E-state index in [0.717, 1.165) is 0 Å². The monoisotopic (exact) mass is 248 g/mol. The number of rotatable bonds is 4. The molecular formula is C12H12N2O4. The highest BCUT2D eigenvalue weighted by atomic mass is 16.4. The van der Waals surface area contributed by atoms with Gasteiger partial charge in [0, 0.05) is 6.92 Å². The van der Waals surface area contributed by atoms with E-state index in [0.29, 0.717) is 5.69 Å². The molecule has 0 fully saturated rings. The molecule has 0 aliphatic carbocycles. The van der Waals surface area contributed by atoms with Crippen molar-refractivity contribution in [2.24, 2.45) is 10.2 Å². The van der Waals surface area contributed by atoms with E-state index in [-0.39, 0.29) is 17.0 Å². The van der Waals surface area contributed by atoms with Gasteiger partial charge in [0.25, 0.3) is 0 Å². The first kappa shape index (κ1) is 13.6. The lowest BCUT2D eigenvalue weighted by atomic mass is 10.2. The van der Waals surface area contributed by atoms with E-state index >= 15 is 0 Å². The number of carboxylic acids is 1. The summed E-state index contributed by atoms with van der Waals surface area (Å²) >= 11 is 0. The van der Waals surface area contributed by atoms with Crippen LogP contribution < -0.4 is 0 Å². The van der Waals surface area contributed by atoms with Gasteiger partial charge in [-0.2, -0.15) is 5.11 Å². The molecule has 1 aromatic rings. The number of azo groups is 1. The van der Waals surface area contributed by atoms with Gasteiger partial charge in [0.05, 0.1) is 11.3 Å². The number of benzene rings is 1. The fourth-order valence-corrected chi connectivity index (χ4v) is 1.18.